The number of pyridine rings is 2. The van der Waals surface area contributed by atoms with Crippen molar-refractivity contribution < 1.29 is 9.53 Å². The molecular formula is C37H36Cl2N8O3. The van der Waals surface area contributed by atoms with Crippen LogP contribution in [-0.2, 0) is 13.5 Å². The summed E-state index contributed by atoms with van der Waals surface area (Å²) in [6, 6.07) is 15.5. The fourth-order valence-corrected chi connectivity index (χ4v) is 8.46. The normalized spacial score (nSPS) is 20.2. The molecule has 2 aliphatic heterocycles. The minimum Gasteiger partial charge on any atom is -0.481 e. The van der Waals surface area contributed by atoms with Crippen molar-refractivity contribution in [1.82, 2.24) is 35.3 Å². The molecule has 3 aliphatic rings. The number of aryl methyl sites for hydroxylation is 3. The van der Waals surface area contributed by atoms with Gasteiger partial charge in [-0.25, -0.2) is 19.4 Å². The maximum absolute atomic E-state index is 13.1. The molecular weight excluding hydrogens is 675 g/mol. The van der Waals surface area contributed by atoms with Crippen LogP contribution in [0.1, 0.15) is 42.1 Å². The Bertz CT molecular complexity index is 2260. The number of nitrogens with zero attached hydrogens (tertiary/aromatic N) is 5. The lowest BCUT2D eigenvalue weighted by Crippen LogP contribution is -2.59. The minimum atomic E-state index is -0.260. The molecule has 3 N–H and O–H groups in total. The molecule has 2 aromatic carbocycles. The maximum atomic E-state index is 13.1. The third kappa shape index (κ3) is 5.53. The number of rotatable bonds is 6. The molecule has 1 spiro atoms. The van der Waals surface area contributed by atoms with Gasteiger partial charge in [0.25, 0.3) is 5.56 Å². The molecule has 0 radical (unpaired) electrons. The number of likely N-dealkylation sites (tertiary alicyclic amines) is 1. The van der Waals surface area contributed by atoms with Gasteiger partial charge in [0.2, 0.25) is 5.88 Å². The third-order valence-electron chi connectivity index (χ3n) is 10.3. The molecule has 0 unspecified atom stereocenters. The first kappa shape index (κ1) is 32.5. The van der Waals surface area contributed by atoms with Gasteiger partial charge < -0.3 is 20.7 Å². The predicted octanol–water partition coefficient (Wildman–Crippen LogP) is 6.56. The number of nitrogens with one attached hydrogen (secondary N) is 3. The molecule has 3 aromatic heterocycles. The molecule has 2 amide bonds. The van der Waals surface area contributed by atoms with Crippen molar-refractivity contribution in [3.05, 3.63) is 91.9 Å². The molecule has 2 fully saturated rings. The van der Waals surface area contributed by atoms with Crippen molar-refractivity contribution >= 4 is 51.5 Å². The lowest BCUT2D eigenvalue weighted by molar-refractivity contribution is 0.187. The van der Waals surface area contributed by atoms with Crippen molar-refractivity contribution in [1.29, 1.82) is 0 Å². The van der Waals surface area contributed by atoms with Crippen LogP contribution in [0.5, 0.6) is 5.88 Å². The first-order valence-corrected chi connectivity index (χ1v) is 17.5. The van der Waals surface area contributed by atoms with E-state index in [2.05, 4.69) is 37.0 Å². The second kappa shape index (κ2) is 12.6. The number of ether oxygens (including phenoxy) is 1. The van der Waals surface area contributed by atoms with Gasteiger partial charge in [0.05, 0.1) is 45.7 Å². The number of carbonyl (C=O) groups excluding carboxylic acids is 1. The summed E-state index contributed by atoms with van der Waals surface area (Å²) < 4.78 is 7.23. The second-order valence-corrected chi connectivity index (χ2v) is 14.1. The van der Waals surface area contributed by atoms with E-state index in [9.17, 15) is 9.59 Å². The lowest BCUT2D eigenvalue weighted by Gasteiger charge is -2.36. The molecule has 2 atom stereocenters. The highest BCUT2D eigenvalue weighted by molar-refractivity contribution is 6.39. The number of urea groups is 1. The number of carbonyl (C=O) groups is 1. The predicted molar refractivity (Wildman–Crippen MR) is 196 cm³/mol. The number of halogens is 2. The highest BCUT2D eigenvalue weighted by Crippen LogP contribution is 2.47. The summed E-state index contributed by atoms with van der Waals surface area (Å²) in [5.74, 6) is 0.999. The van der Waals surface area contributed by atoms with Crippen LogP contribution < -0.4 is 26.2 Å². The first-order valence-electron chi connectivity index (χ1n) is 16.7. The number of hydrogen-bond donors (Lipinski definition) is 3. The van der Waals surface area contributed by atoms with Gasteiger partial charge >= 0.3 is 6.03 Å². The Labute approximate surface area is 299 Å². The van der Waals surface area contributed by atoms with Gasteiger partial charge in [-0.05, 0) is 56.4 Å². The van der Waals surface area contributed by atoms with Gasteiger partial charge in [-0.1, -0.05) is 53.5 Å². The van der Waals surface area contributed by atoms with Crippen molar-refractivity contribution in [3.8, 4) is 28.3 Å². The summed E-state index contributed by atoms with van der Waals surface area (Å²) >= 11 is 14.3. The van der Waals surface area contributed by atoms with Crippen LogP contribution in [0.25, 0.3) is 33.2 Å². The molecule has 13 heteroatoms. The Hall–Kier alpha value is -4.71. The number of anilines is 2. The zero-order valence-electron chi connectivity index (χ0n) is 27.9. The molecule has 2 saturated heterocycles. The monoisotopic (exact) mass is 710 g/mol. The summed E-state index contributed by atoms with van der Waals surface area (Å²) in [5.41, 5.74) is 6.13. The van der Waals surface area contributed by atoms with Crippen molar-refractivity contribution in [2.75, 3.05) is 32.1 Å². The molecule has 5 heterocycles. The van der Waals surface area contributed by atoms with Gasteiger partial charge in [-0.15, -0.1) is 0 Å². The van der Waals surface area contributed by atoms with Gasteiger partial charge in [-0.2, -0.15) is 5.10 Å². The van der Waals surface area contributed by atoms with Crippen LogP contribution in [0.15, 0.2) is 59.5 Å². The van der Waals surface area contributed by atoms with Gasteiger partial charge in [0.15, 0.2) is 0 Å². The Kier molecular flexibility index (Phi) is 8.16. The van der Waals surface area contributed by atoms with Crippen LogP contribution in [0.3, 0.4) is 0 Å². The van der Waals surface area contributed by atoms with Crippen LogP contribution in [0, 0.1) is 6.92 Å². The molecule has 50 heavy (non-hydrogen) atoms. The van der Waals surface area contributed by atoms with Crippen molar-refractivity contribution in [2.24, 2.45) is 7.05 Å². The molecule has 11 nitrogen and oxygen atoms in total. The van der Waals surface area contributed by atoms with Gasteiger partial charge in [0.1, 0.15) is 5.82 Å². The Morgan fingerprint density at radius 3 is 2.60 bits per heavy atom. The summed E-state index contributed by atoms with van der Waals surface area (Å²) in [7, 11) is 3.27. The zero-order chi connectivity index (χ0) is 34.7. The Morgan fingerprint density at radius 2 is 1.80 bits per heavy atom. The molecule has 8 rings (SSSR count). The van der Waals surface area contributed by atoms with Crippen LogP contribution in [0.4, 0.5) is 16.3 Å². The Balaban J connectivity index is 1.12. The fraction of sp³-hybridized carbons (Fsp3) is 0.324. The van der Waals surface area contributed by atoms with E-state index in [0.717, 1.165) is 72.4 Å². The van der Waals surface area contributed by atoms with E-state index in [1.807, 2.05) is 49.4 Å². The summed E-state index contributed by atoms with van der Waals surface area (Å²) in [6.45, 7) is 4.27. The standard InChI is InChI=1S/C37H36Cl2N8O3/c1-20-16-22-18-41-46(2)35(48)30(22)33(42-20)43-26-9-5-7-24(32(26)39)23-6-4-8-25(31(23)38)27-17-21-10-11-28(29(21)34(44-27)50-3)47-15-13-37(19-47)12-14-40-36(49)45-37/h4-9,16-18,28H,10-15,19H2,1-3H3,(H,42,43)(H2,40,45,49)/t28-,37-/m0/s1. The first-order chi connectivity index (χ1) is 24.1. The largest absolute Gasteiger partial charge is 0.481 e. The van der Waals surface area contributed by atoms with E-state index in [1.54, 1.807) is 20.4 Å². The average Bonchev–Trinajstić information content (AvgIpc) is 3.71. The number of fused-ring (bicyclic) bond motifs is 2. The average molecular weight is 712 g/mol. The lowest BCUT2D eigenvalue weighted by atomic mass is 9.93. The van der Waals surface area contributed by atoms with E-state index in [1.165, 1.54) is 10.2 Å². The Morgan fingerprint density at radius 1 is 1.02 bits per heavy atom. The number of amides is 2. The summed E-state index contributed by atoms with van der Waals surface area (Å²) in [4.78, 5) is 37.3. The topological polar surface area (TPSA) is 126 Å². The van der Waals surface area contributed by atoms with Crippen LogP contribution >= 0.6 is 23.2 Å². The van der Waals surface area contributed by atoms with Crippen molar-refractivity contribution in [2.45, 2.75) is 44.2 Å². The summed E-state index contributed by atoms with van der Waals surface area (Å²) in [5, 5.41) is 15.6. The minimum absolute atomic E-state index is 0.0843. The van der Waals surface area contributed by atoms with E-state index in [-0.39, 0.29) is 23.2 Å². The maximum Gasteiger partial charge on any atom is 0.315 e. The highest BCUT2D eigenvalue weighted by atomic mass is 35.5. The van der Waals surface area contributed by atoms with Crippen LogP contribution in [0.2, 0.25) is 10.0 Å². The van der Waals surface area contributed by atoms with E-state index in [4.69, 9.17) is 32.9 Å². The number of benzene rings is 2. The SMILES string of the molecule is COc1nc(-c2cccc(-c3cccc(Nc4nc(C)cc5cnn(C)c(=O)c45)c3Cl)c2Cl)cc2c1[C@@H](N1CC[C@@]3(CCNC(=O)N3)C1)CC2. The van der Waals surface area contributed by atoms with Gasteiger partial charge in [-0.3, -0.25) is 9.69 Å². The zero-order valence-corrected chi connectivity index (χ0v) is 29.5. The fourth-order valence-electron chi connectivity index (χ4n) is 7.86. The quantitative estimate of drug-likeness (QED) is 0.181. The third-order valence-corrected chi connectivity index (χ3v) is 11.1. The number of hydrogen-bond acceptors (Lipinski definition) is 8. The molecule has 256 valence electrons. The second-order valence-electron chi connectivity index (χ2n) is 13.4. The summed E-state index contributed by atoms with van der Waals surface area (Å²) in [6.07, 6.45) is 5.34. The van der Waals surface area contributed by atoms with E-state index < -0.39 is 0 Å². The van der Waals surface area contributed by atoms with Crippen molar-refractivity contribution in [3.63, 3.8) is 0 Å². The van der Waals surface area contributed by atoms with E-state index in [0.29, 0.717) is 44.7 Å². The van der Waals surface area contributed by atoms with E-state index >= 15 is 0 Å². The smallest absolute Gasteiger partial charge is 0.315 e. The number of methoxy groups -OCH3 is 1. The van der Waals surface area contributed by atoms with Gasteiger partial charge in [0, 0.05) is 66.1 Å². The molecule has 1 aliphatic carbocycles. The molecule has 0 bridgehead atoms. The highest BCUT2D eigenvalue weighted by Gasteiger charge is 2.45. The van der Waals surface area contributed by atoms with Crippen LogP contribution in [-0.4, -0.2) is 63.0 Å². The number of aromatic nitrogens is 4. The molecule has 0 saturated carbocycles. The molecule has 5 aromatic rings.